The van der Waals surface area contributed by atoms with Crippen LogP contribution in [0.15, 0.2) is 109 Å². The molecule has 286 valence electrons. The molecule has 2 nitrogen and oxygen atoms in total. The average Bonchev–Trinajstić information content (AvgIpc) is 3.15. The Bertz CT molecular complexity index is 2690. The van der Waals surface area contributed by atoms with Crippen LogP contribution in [0.5, 0.6) is 0 Å². The van der Waals surface area contributed by atoms with Crippen molar-refractivity contribution >= 4 is 46.2 Å². The molecule has 4 aliphatic rings. The van der Waals surface area contributed by atoms with Gasteiger partial charge in [-0.3, -0.25) is 0 Å². The molecule has 0 aliphatic carbocycles. The summed E-state index contributed by atoms with van der Waals surface area (Å²) in [7, 11) is 0. The Hall–Kier alpha value is -5.02. The molecule has 0 atom stereocenters. The molecule has 0 radical (unpaired) electrons. The van der Waals surface area contributed by atoms with E-state index in [0.717, 1.165) is 0 Å². The van der Waals surface area contributed by atoms with Gasteiger partial charge in [-0.05, 0) is 114 Å². The van der Waals surface area contributed by atoms with Crippen LogP contribution in [-0.4, -0.2) is 6.85 Å². The third-order valence-electron chi connectivity index (χ3n) is 14.0. The van der Waals surface area contributed by atoms with Crippen molar-refractivity contribution in [1.82, 2.24) is 0 Å². The molecule has 6 aromatic rings. The van der Waals surface area contributed by atoms with Gasteiger partial charge in [-0.15, -0.1) is 0 Å². The lowest BCUT2D eigenvalue weighted by Gasteiger charge is -2.53. The van der Waals surface area contributed by atoms with E-state index >= 15 is 0 Å². The van der Waals surface area contributed by atoms with Gasteiger partial charge >= 0.3 is 6.85 Å². The van der Waals surface area contributed by atoms with Crippen molar-refractivity contribution < 1.29 is 0 Å². The molecule has 0 N–H and O–H groups in total. The summed E-state index contributed by atoms with van der Waals surface area (Å²) in [5, 5.41) is 0. The molecular weight excluding hydrogens is 687 g/mol. The van der Waals surface area contributed by atoms with E-state index < -0.39 is 0 Å². The SMILES string of the molecule is CC(C)(C)c1ccc2c(c1)-c1cc(C(C)(C)C)cc3c1N1B2c2ccc4c(c2-c2cc(C(C)(C)C)cc(c21)C3(C)C)C(C)(C)c1ccccc1N4c1ccccc1. The fraction of sp³-hybridized carbons (Fsp3) is 0.333. The molecule has 0 unspecified atom stereocenters. The number of hydrogen-bond acceptors (Lipinski definition) is 2. The fourth-order valence-corrected chi connectivity index (χ4v) is 10.7. The summed E-state index contributed by atoms with van der Waals surface area (Å²) in [4.78, 5) is 5.32. The first-order valence-corrected chi connectivity index (χ1v) is 21.1. The zero-order valence-corrected chi connectivity index (χ0v) is 36.4. The first kappa shape index (κ1) is 36.3. The molecule has 57 heavy (non-hydrogen) atoms. The first-order chi connectivity index (χ1) is 26.7. The van der Waals surface area contributed by atoms with Crippen LogP contribution in [0.1, 0.15) is 129 Å². The van der Waals surface area contributed by atoms with E-state index in [4.69, 9.17) is 0 Å². The Morgan fingerprint density at radius 1 is 0.456 bits per heavy atom. The van der Waals surface area contributed by atoms with Crippen LogP contribution in [0.25, 0.3) is 22.3 Å². The summed E-state index contributed by atoms with van der Waals surface area (Å²) < 4.78 is 0. The molecule has 0 bridgehead atoms. The first-order valence-electron chi connectivity index (χ1n) is 21.1. The van der Waals surface area contributed by atoms with E-state index in [1.165, 1.54) is 101 Å². The van der Waals surface area contributed by atoms with Gasteiger partial charge in [0.05, 0.1) is 11.4 Å². The lowest BCUT2D eigenvalue weighted by Crippen LogP contribution is -2.62. The Morgan fingerprint density at radius 3 is 1.63 bits per heavy atom. The number of anilines is 5. The van der Waals surface area contributed by atoms with Gasteiger partial charge in [-0.25, -0.2) is 0 Å². The molecule has 4 aliphatic heterocycles. The smallest absolute Gasteiger partial charge is 0.329 e. The van der Waals surface area contributed by atoms with Crippen molar-refractivity contribution in [3.8, 4) is 22.3 Å². The lowest BCUT2D eigenvalue weighted by atomic mass is 9.41. The molecule has 0 fully saturated rings. The van der Waals surface area contributed by atoms with Crippen molar-refractivity contribution in [3.63, 3.8) is 0 Å². The van der Waals surface area contributed by atoms with Gasteiger partial charge in [-0.1, -0.05) is 163 Å². The predicted octanol–water partition coefficient (Wildman–Crippen LogP) is 13.2. The number of hydrogen-bond donors (Lipinski definition) is 0. The van der Waals surface area contributed by atoms with Gasteiger partial charge in [0.15, 0.2) is 0 Å². The number of benzene rings is 6. The molecule has 0 aromatic heterocycles. The Morgan fingerprint density at radius 2 is 1.00 bits per heavy atom. The molecule has 3 heteroatoms. The molecule has 4 heterocycles. The minimum Gasteiger partial charge on any atom is -0.375 e. The largest absolute Gasteiger partial charge is 0.375 e. The normalized spacial score (nSPS) is 16.7. The Balaban J connectivity index is 1.39. The molecule has 6 aromatic carbocycles. The van der Waals surface area contributed by atoms with Crippen molar-refractivity contribution in [1.29, 1.82) is 0 Å². The second kappa shape index (κ2) is 11.3. The van der Waals surface area contributed by atoms with Crippen LogP contribution in [0.2, 0.25) is 0 Å². The van der Waals surface area contributed by atoms with Gasteiger partial charge in [-0.2, -0.15) is 0 Å². The van der Waals surface area contributed by atoms with Crippen molar-refractivity contribution in [2.75, 3.05) is 9.71 Å². The van der Waals surface area contributed by atoms with Crippen molar-refractivity contribution in [2.24, 2.45) is 0 Å². The molecule has 0 spiro atoms. The molecule has 0 saturated carbocycles. The summed E-state index contributed by atoms with van der Waals surface area (Å²) in [6, 6.07) is 42.8. The zero-order chi connectivity index (χ0) is 40.4. The highest BCUT2D eigenvalue weighted by Crippen LogP contribution is 2.62. The summed E-state index contributed by atoms with van der Waals surface area (Å²) in [6.07, 6.45) is 0. The fourth-order valence-electron chi connectivity index (χ4n) is 10.7. The number of fused-ring (bicyclic) bond motifs is 9. The quantitative estimate of drug-likeness (QED) is 0.155. The van der Waals surface area contributed by atoms with Gasteiger partial charge in [0.2, 0.25) is 0 Å². The monoisotopic (exact) mass is 744 g/mol. The van der Waals surface area contributed by atoms with Crippen LogP contribution in [0.3, 0.4) is 0 Å². The summed E-state index contributed by atoms with van der Waals surface area (Å²) >= 11 is 0. The summed E-state index contributed by atoms with van der Waals surface area (Å²) in [5.74, 6) is 0. The maximum absolute atomic E-state index is 2.80. The maximum atomic E-state index is 2.80. The highest BCUT2D eigenvalue weighted by molar-refractivity contribution is 6.92. The zero-order valence-electron chi connectivity index (χ0n) is 36.4. The van der Waals surface area contributed by atoms with Crippen molar-refractivity contribution in [2.45, 2.75) is 117 Å². The summed E-state index contributed by atoms with van der Waals surface area (Å²) in [5.41, 5.74) is 24.2. The van der Waals surface area contributed by atoms with Gasteiger partial charge < -0.3 is 9.71 Å². The Kier molecular flexibility index (Phi) is 7.23. The molecule has 10 rings (SSSR count). The minimum absolute atomic E-state index is 0.000975. The number of rotatable bonds is 1. The van der Waals surface area contributed by atoms with Crippen molar-refractivity contribution in [3.05, 3.63) is 148 Å². The maximum Gasteiger partial charge on any atom is 0.329 e. The van der Waals surface area contributed by atoms with E-state index in [1.807, 2.05) is 0 Å². The topological polar surface area (TPSA) is 6.48 Å². The lowest BCUT2D eigenvalue weighted by molar-refractivity contribution is 0.574. The van der Waals surface area contributed by atoms with E-state index in [-0.39, 0.29) is 33.9 Å². The highest BCUT2D eigenvalue weighted by Gasteiger charge is 2.53. The van der Waals surface area contributed by atoms with Crippen LogP contribution in [0.4, 0.5) is 28.4 Å². The highest BCUT2D eigenvalue weighted by atomic mass is 15.2. The standard InChI is InChI=1S/C54H57BN2/c1-50(2,3)32-23-24-42-36(27-32)37-28-33(51(4,5)6)30-40-48(37)57-49-38(29-34(52(7,8)9)31-41(49)53(40,10)11)46-43(55(42)57)25-26-45-47(46)54(12,13)39-21-17-18-22-44(39)56(45)35-19-15-14-16-20-35/h14-31H,1-13H3. The third-order valence-corrected chi connectivity index (χ3v) is 14.0. The van der Waals surface area contributed by atoms with Gasteiger partial charge in [0.25, 0.3) is 0 Å². The van der Waals surface area contributed by atoms with Gasteiger partial charge in [0.1, 0.15) is 0 Å². The van der Waals surface area contributed by atoms with E-state index in [0.29, 0.717) is 0 Å². The predicted molar refractivity (Wildman–Crippen MR) is 246 cm³/mol. The average molecular weight is 745 g/mol. The van der Waals surface area contributed by atoms with Crippen LogP contribution in [0, 0.1) is 0 Å². The number of nitrogens with zero attached hydrogens (tertiary/aromatic N) is 2. The second-order valence-electron chi connectivity index (χ2n) is 21.5. The summed E-state index contributed by atoms with van der Waals surface area (Å²) in [6.45, 7) is 31.3. The molecular formula is C54H57BN2. The van der Waals surface area contributed by atoms with E-state index in [9.17, 15) is 0 Å². The Labute approximate surface area is 342 Å². The van der Waals surface area contributed by atoms with Crippen LogP contribution >= 0.6 is 0 Å². The third kappa shape index (κ3) is 4.90. The minimum atomic E-state index is -0.266. The molecule has 0 amide bonds. The van der Waals surface area contributed by atoms with E-state index in [1.54, 1.807) is 0 Å². The van der Waals surface area contributed by atoms with E-state index in [2.05, 4.69) is 209 Å². The van der Waals surface area contributed by atoms with Crippen LogP contribution in [-0.2, 0) is 27.1 Å². The van der Waals surface area contributed by atoms with Gasteiger partial charge in [0, 0.05) is 39.0 Å². The number of para-hydroxylation sites is 2. The molecule has 0 saturated heterocycles. The second-order valence-corrected chi connectivity index (χ2v) is 21.5. The van der Waals surface area contributed by atoms with Crippen LogP contribution < -0.4 is 20.6 Å².